The predicted octanol–water partition coefficient (Wildman–Crippen LogP) is 3.99. The molecule has 26 heavy (non-hydrogen) atoms. The van der Waals surface area contributed by atoms with Gasteiger partial charge >= 0.3 is 6.09 Å². The monoisotopic (exact) mass is 378 g/mol. The van der Waals surface area contributed by atoms with E-state index in [2.05, 4.69) is 30.0 Å². The fraction of sp³-hybridized carbons (Fsp3) is 0.600. The van der Waals surface area contributed by atoms with Crippen LogP contribution in [-0.4, -0.2) is 54.8 Å². The lowest BCUT2D eigenvalue weighted by molar-refractivity contribution is -0.107. The number of carbonyl (C=O) groups is 2. The molecule has 1 aromatic carbocycles. The van der Waals surface area contributed by atoms with E-state index < -0.39 is 5.60 Å². The van der Waals surface area contributed by atoms with Gasteiger partial charge in [0.2, 0.25) is 0 Å². The molecule has 1 saturated heterocycles. The fourth-order valence-electron chi connectivity index (χ4n) is 2.94. The number of rotatable bonds is 6. The molecule has 1 aromatic rings. The quantitative estimate of drug-likeness (QED) is 0.553. The second-order valence-corrected chi connectivity index (χ2v) is 8.56. The molecule has 1 heterocycles. The van der Waals surface area contributed by atoms with Crippen LogP contribution in [0.25, 0.3) is 0 Å². The Labute approximate surface area is 161 Å². The fourth-order valence-corrected chi connectivity index (χ4v) is 3.90. The molecule has 1 fully saturated rings. The maximum absolute atomic E-state index is 12.2. The van der Waals surface area contributed by atoms with E-state index in [0.717, 1.165) is 42.8 Å². The van der Waals surface area contributed by atoms with Crippen LogP contribution in [0.4, 0.5) is 10.5 Å². The van der Waals surface area contributed by atoms with Gasteiger partial charge in [-0.3, -0.25) is 0 Å². The number of thioether (sulfide) groups is 1. The van der Waals surface area contributed by atoms with Gasteiger partial charge in [0, 0.05) is 43.2 Å². The number of nitrogens with zero attached hydrogens (tertiary/aromatic N) is 2. The molecular formula is C20H30N2O3S. The van der Waals surface area contributed by atoms with Crippen LogP contribution in [0.1, 0.15) is 39.7 Å². The van der Waals surface area contributed by atoms with E-state index in [0.29, 0.717) is 19.5 Å². The number of ether oxygens (including phenoxy) is 1. The van der Waals surface area contributed by atoms with Crippen LogP contribution in [0.5, 0.6) is 0 Å². The molecule has 1 aliphatic heterocycles. The number of carbonyl (C=O) groups excluding carboxylic acids is 2. The van der Waals surface area contributed by atoms with E-state index in [9.17, 15) is 9.59 Å². The number of piperazine rings is 1. The summed E-state index contributed by atoms with van der Waals surface area (Å²) in [4.78, 5) is 28.7. The lowest BCUT2D eigenvalue weighted by atomic mass is 10.1. The Hall–Kier alpha value is -1.69. The molecule has 144 valence electrons. The van der Waals surface area contributed by atoms with Crippen LogP contribution in [0.15, 0.2) is 23.1 Å². The first-order valence-electron chi connectivity index (χ1n) is 9.27. The van der Waals surface area contributed by atoms with Gasteiger partial charge in [0.05, 0.1) is 0 Å². The average Bonchev–Trinajstić information content (AvgIpc) is 2.59. The number of hydrogen-bond donors (Lipinski definition) is 0. The van der Waals surface area contributed by atoms with E-state index in [1.807, 2.05) is 20.8 Å². The third kappa shape index (κ3) is 5.66. The zero-order valence-corrected chi connectivity index (χ0v) is 17.1. The minimum absolute atomic E-state index is 0.252. The smallest absolute Gasteiger partial charge is 0.410 e. The second kappa shape index (κ2) is 9.31. The Kier molecular flexibility index (Phi) is 7.38. The van der Waals surface area contributed by atoms with Gasteiger partial charge in [0.25, 0.3) is 0 Å². The number of benzene rings is 1. The summed E-state index contributed by atoms with van der Waals surface area (Å²) in [5.41, 5.74) is 1.74. The van der Waals surface area contributed by atoms with Gasteiger partial charge < -0.3 is 19.3 Å². The van der Waals surface area contributed by atoms with Crippen molar-refractivity contribution >= 4 is 29.8 Å². The zero-order chi connectivity index (χ0) is 19.2. The molecule has 0 aliphatic carbocycles. The van der Waals surface area contributed by atoms with Gasteiger partial charge in [-0.05, 0) is 50.6 Å². The largest absolute Gasteiger partial charge is 0.444 e. The Bertz CT molecular complexity index is 620. The highest BCUT2D eigenvalue weighted by molar-refractivity contribution is 7.99. The van der Waals surface area contributed by atoms with E-state index in [4.69, 9.17) is 4.74 Å². The van der Waals surface area contributed by atoms with Crippen LogP contribution in [0.2, 0.25) is 0 Å². The molecule has 0 radical (unpaired) electrons. The highest BCUT2D eigenvalue weighted by Gasteiger charge is 2.27. The van der Waals surface area contributed by atoms with Crippen LogP contribution in [-0.2, 0) is 16.0 Å². The SMILES string of the molecule is CCCSc1cccc(N2CCN(C(=O)OC(C)(C)C)CC2)c1CC=O. The van der Waals surface area contributed by atoms with Crippen molar-refractivity contribution in [2.24, 2.45) is 0 Å². The first kappa shape index (κ1) is 20.6. The average molecular weight is 379 g/mol. The summed E-state index contributed by atoms with van der Waals surface area (Å²) in [5, 5.41) is 0. The summed E-state index contributed by atoms with van der Waals surface area (Å²) < 4.78 is 5.46. The minimum Gasteiger partial charge on any atom is -0.444 e. The van der Waals surface area contributed by atoms with Crippen molar-refractivity contribution in [1.29, 1.82) is 0 Å². The van der Waals surface area contributed by atoms with Crippen molar-refractivity contribution in [2.75, 3.05) is 36.8 Å². The topological polar surface area (TPSA) is 49.9 Å². The summed E-state index contributed by atoms with van der Waals surface area (Å²) in [7, 11) is 0. The van der Waals surface area contributed by atoms with Gasteiger partial charge in [-0.25, -0.2) is 4.79 Å². The number of anilines is 1. The predicted molar refractivity (Wildman–Crippen MR) is 107 cm³/mol. The van der Waals surface area contributed by atoms with Crippen molar-refractivity contribution < 1.29 is 14.3 Å². The Morgan fingerprint density at radius 1 is 1.23 bits per heavy atom. The Morgan fingerprint density at radius 2 is 1.92 bits per heavy atom. The van der Waals surface area contributed by atoms with Crippen LogP contribution >= 0.6 is 11.8 Å². The van der Waals surface area contributed by atoms with Crippen molar-refractivity contribution in [3.8, 4) is 0 Å². The molecule has 1 aliphatic rings. The van der Waals surface area contributed by atoms with E-state index in [-0.39, 0.29) is 6.09 Å². The third-order valence-corrected chi connectivity index (χ3v) is 5.44. The molecule has 0 bridgehead atoms. The molecule has 0 unspecified atom stereocenters. The van der Waals surface area contributed by atoms with Crippen molar-refractivity contribution in [3.63, 3.8) is 0 Å². The number of aldehydes is 1. The first-order chi connectivity index (χ1) is 12.4. The number of hydrogen-bond acceptors (Lipinski definition) is 5. The summed E-state index contributed by atoms with van der Waals surface area (Å²) >= 11 is 1.81. The summed E-state index contributed by atoms with van der Waals surface area (Å²) in [6, 6.07) is 6.24. The number of amides is 1. The van der Waals surface area contributed by atoms with Crippen LogP contribution < -0.4 is 4.90 Å². The Balaban J connectivity index is 2.08. The zero-order valence-electron chi connectivity index (χ0n) is 16.3. The van der Waals surface area contributed by atoms with Gasteiger partial charge in [-0.15, -0.1) is 11.8 Å². The molecule has 2 rings (SSSR count). The van der Waals surface area contributed by atoms with E-state index in [1.54, 1.807) is 16.7 Å². The Morgan fingerprint density at radius 3 is 2.50 bits per heavy atom. The van der Waals surface area contributed by atoms with E-state index in [1.165, 1.54) is 4.90 Å². The molecule has 0 aromatic heterocycles. The van der Waals surface area contributed by atoms with Crippen molar-refractivity contribution in [3.05, 3.63) is 23.8 Å². The maximum Gasteiger partial charge on any atom is 0.410 e. The van der Waals surface area contributed by atoms with Crippen molar-refractivity contribution in [2.45, 2.75) is 51.0 Å². The molecule has 6 heteroatoms. The van der Waals surface area contributed by atoms with E-state index >= 15 is 0 Å². The van der Waals surface area contributed by atoms with Gasteiger partial charge in [0.1, 0.15) is 11.9 Å². The minimum atomic E-state index is -0.476. The maximum atomic E-state index is 12.2. The van der Waals surface area contributed by atoms with Crippen molar-refractivity contribution in [1.82, 2.24) is 4.90 Å². The molecule has 0 atom stereocenters. The molecule has 0 N–H and O–H groups in total. The molecule has 1 amide bonds. The highest BCUT2D eigenvalue weighted by Crippen LogP contribution is 2.32. The molecule has 0 saturated carbocycles. The lowest BCUT2D eigenvalue weighted by Gasteiger charge is -2.37. The lowest BCUT2D eigenvalue weighted by Crippen LogP contribution is -2.50. The normalized spacial score (nSPS) is 15.1. The van der Waals surface area contributed by atoms with Crippen LogP contribution in [0, 0.1) is 0 Å². The summed E-state index contributed by atoms with van der Waals surface area (Å²) in [6.45, 7) is 10.5. The second-order valence-electron chi connectivity index (χ2n) is 7.43. The van der Waals surface area contributed by atoms with Gasteiger partial charge in [-0.1, -0.05) is 13.0 Å². The summed E-state index contributed by atoms with van der Waals surface area (Å²) in [5.74, 6) is 1.04. The first-order valence-corrected chi connectivity index (χ1v) is 10.3. The van der Waals surface area contributed by atoms with Gasteiger partial charge in [-0.2, -0.15) is 0 Å². The third-order valence-electron chi connectivity index (χ3n) is 4.13. The van der Waals surface area contributed by atoms with Gasteiger partial charge in [0.15, 0.2) is 0 Å². The summed E-state index contributed by atoms with van der Waals surface area (Å²) in [6.07, 6.45) is 2.25. The molecular weight excluding hydrogens is 348 g/mol. The molecule has 0 spiro atoms. The standard InChI is InChI=1S/C20H30N2O3S/c1-5-15-26-18-8-6-7-17(16(18)9-14-23)21-10-12-22(13-11-21)19(24)25-20(2,3)4/h6-8,14H,5,9-13,15H2,1-4H3. The van der Waals surface area contributed by atoms with Crippen LogP contribution in [0.3, 0.4) is 0 Å². The highest BCUT2D eigenvalue weighted by atomic mass is 32.2. The molecule has 5 nitrogen and oxygen atoms in total.